The average Bonchev–Trinajstić information content (AvgIpc) is 2.91. The Morgan fingerprint density at radius 1 is 1.06 bits per heavy atom. The first-order chi connectivity index (χ1) is 17.5. The second-order valence-corrected chi connectivity index (χ2v) is 10.3. The van der Waals surface area contributed by atoms with Crippen molar-refractivity contribution in [2.45, 2.75) is 52.0 Å². The van der Waals surface area contributed by atoms with Crippen molar-refractivity contribution in [3.05, 3.63) is 62.8 Å². The highest BCUT2D eigenvalue weighted by molar-refractivity contribution is 5.79. The molecule has 0 bridgehead atoms. The lowest BCUT2D eigenvalue weighted by Gasteiger charge is -2.35. The minimum atomic E-state index is -0.310. The normalized spacial score (nSPS) is 19.4. The lowest BCUT2D eigenvalue weighted by atomic mass is 9.90. The number of piperidine rings is 2. The molecule has 3 heterocycles. The number of nitrogens with one attached hydrogen (secondary N) is 1. The summed E-state index contributed by atoms with van der Waals surface area (Å²) >= 11 is 0. The summed E-state index contributed by atoms with van der Waals surface area (Å²) in [4.78, 5) is 42.2. The van der Waals surface area contributed by atoms with Crippen molar-refractivity contribution >= 4 is 11.7 Å². The zero-order chi connectivity index (χ0) is 25.5. The molecule has 196 valence electrons. The molecule has 2 fully saturated rings. The molecule has 0 saturated carbocycles. The van der Waals surface area contributed by atoms with Crippen LogP contribution in [-0.4, -0.2) is 59.2 Å². The van der Waals surface area contributed by atoms with Gasteiger partial charge in [-0.05, 0) is 76.6 Å². The Balaban J connectivity index is 1.20. The van der Waals surface area contributed by atoms with Crippen LogP contribution in [0.1, 0.15) is 44.6 Å². The van der Waals surface area contributed by atoms with E-state index in [0.717, 1.165) is 55.9 Å². The summed E-state index contributed by atoms with van der Waals surface area (Å²) in [6.45, 7) is 7.64. The van der Waals surface area contributed by atoms with E-state index in [0.29, 0.717) is 25.5 Å². The molecule has 2 saturated heterocycles. The molecule has 36 heavy (non-hydrogen) atoms. The molecule has 0 spiro atoms. The number of anilines is 1. The van der Waals surface area contributed by atoms with Crippen molar-refractivity contribution in [2.75, 3.05) is 44.2 Å². The lowest BCUT2D eigenvalue weighted by molar-refractivity contribution is -0.125. The molecule has 0 radical (unpaired) electrons. The van der Waals surface area contributed by atoms with Crippen LogP contribution in [0.4, 0.5) is 5.82 Å². The summed E-state index contributed by atoms with van der Waals surface area (Å²) in [7, 11) is 1.50. The van der Waals surface area contributed by atoms with E-state index in [1.165, 1.54) is 37.9 Å². The van der Waals surface area contributed by atoms with Crippen molar-refractivity contribution in [1.82, 2.24) is 19.4 Å². The smallest absolute Gasteiger partial charge is 0.332 e. The third-order valence-electron chi connectivity index (χ3n) is 7.83. The largest absolute Gasteiger partial charge is 0.357 e. The number of hydrogen-bond acceptors (Lipinski definition) is 5. The van der Waals surface area contributed by atoms with Crippen LogP contribution in [0.2, 0.25) is 0 Å². The molecule has 1 amide bonds. The molecule has 1 N–H and O–H groups in total. The number of nitrogens with zero attached hydrogens (tertiary/aromatic N) is 4. The predicted molar refractivity (Wildman–Crippen MR) is 143 cm³/mol. The first kappa shape index (κ1) is 26.2. The van der Waals surface area contributed by atoms with Crippen LogP contribution in [0.25, 0.3) is 0 Å². The Bertz CT molecular complexity index is 1120. The Kier molecular flexibility index (Phi) is 9.02. The van der Waals surface area contributed by atoms with Crippen molar-refractivity contribution in [1.29, 1.82) is 0 Å². The van der Waals surface area contributed by atoms with Gasteiger partial charge in [0.2, 0.25) is 5.91 Å². The van der Waals surface area contributed by atoms with Gasteiger partial charge in [0.05, 0.1) is 5.92 Å². The van der Waals surface area contributed by atoms with Crippen molar-refractivity contribution in [3.63, 3.8) is 0 Å². The topological polar surface area (TPSA) is 79.6 Å². The van der Waals surface area contributed by atoms with Gasteiger partial charge < -0.3 is 15.1 Å². The summed E-state index contributed by atoms with van der Waals surface area (Å²) in [5, 5.41) is 3.14. The highest BCUT2D eigenvalue weighted by Gasteiger charge is 2.28. The molecule has 1 atom stereocenters. The standard InChI is InChI=1S/C28H41N5O3/c1-3-33-25(20-26(34)30(2)28(33)36)32-16-7-11-24(21-32)27(35)29-14-8-15-31-17-12-23(13-18-31)19-22-9-5-4-6-10-22/h4-6,9-10,20,23-24H,3,7-8,11-19,21H2,1-2H3,(H,29,35). The first-order valence-electron chi connectivity index (χ1n) is 13.6. The van der Waals surface area contributed by atoms with Crippen LogP contribution < -0.4 is 21.5 Å². The Labute approximate surface area is 213 Å². The van der Waals surface area contributed by atoms with E-state index >= 15 is 0 Å². The van der Waals surface area contributed by atoms with E-state index in [2.05, 4.69) is 40.5 Å². The lowest BCUT2D eigenvalue weighted by Crippen LogP contribution is -2.47. The van der Waals surface area contributed by atoms with Gasteiger partial charge in [-0.3, -0.25) is 18.7 Å². The van der Waals surface area contributed by atoms with Gasteiger partial charge in [0, 0.05) is 39.3 Å². The third kappa shape index (κ3) is 6.46. The van der Waals surface area contributed by atoms with Crippen LogP contribution in [0, 0.1) is 11.8 Å². The summed E-state index contributed by atoms with van der Waals surface area (Å²) < 4.78 is 2.75. The molecular formula is C28H41N5O3. The summed E-state index contributed by atoms with van der Waals surface area (Å²) in [6, 6.07) is 12.3. The van der Waals surface area contributed by atoms with Crippen LogP contribution in [-0.2, 0) is 24.8 Å². The van der Waals surface area contributed by atoms with Crippen LogP contribution in [0.3, 0.4) is 0 Å². The zero-order valence-electron chi connectivity index (χ0n) is 21.8. The number of likely N-dealkylation sites (tertiary alicyclic amines) is 1. The molecule has 1 aromatic heterocycles. The summed E-state index contributed by atoms with van der Waals surface area (Å²) in [6.07, 6.45) is 6.31. The van der Waals surface area contributed by atoms with Gasteiger partial charge in [0.15, 0.2) is 0 Å². The Morgan fingerprint density at radius 3 is 2.53 bits per heavy atom. The molecule has 1 unspecified atom stereocenters. The van der Waals surface area contributed by atoms with Gasteiger partial charge in [0.1, 0.15) is 5.82 Å². The molecule has 2 aromatic rings. The highest BCUT2D eigenvalue weighted by atomic mass is 16.2. The molecule has 2 aliphatic heterocycles. The molecule has 1 aromatic carbocycles. The third-order valence-corrected chi connectivity index (χ3v) is 7.83. The maximum atomic E-state index is 12.9. The monoisotopic (exact) mass is 495 g/mol. The fourth-order valence-electron chi connectivity index (χ4n) is 5.64. The van der Waals surface area contributed by atoms with E-state index in [9.17, 15) is 14.4 Å². The minimum Gasteiger partial charge on any atom is -0.357 e. The van der Waals surface area contributed by atoms with Crippen molar-refractivity contribution in [3.8, 4) is 0 Å². The molecule has 2 aliphatic rings. The zero-order valence-corrected chi connectivity index (χ0v) is 21.8. The summed E-state index contributed by atoms with van der Waals surface area (Å²) in [5.41, 5.74) is 0.818. The number of amides is 1. The van der Waals surface area contributed by atoms with E-state index in [4.69, 9.17) is 0 Å². The first-order valence-corrected chi connectivity index (χ1v) is 13.6. The number of hydrogen-bond donors (Lipinski definition) is 1. The number of rotatable bonds is 9. The van der Waals surface area contributed by atoms with Crippen LogP contribution in [0.15, 0.2) is 46.0 Å². The molecule has 4 rings (SSSR count). The van der Waals surface area contributed by atoms with Gasteiger partial charge in [-0.1, -0.05) is 30.3 Å². The van der Waals surface area contributed by atoms with Gasteiger partial charge in [0.25, 0.3) is 5.56 Å². The molecule has 8 heteroatoms. The fraction of sp³-hybridized carbons (Fsp3) is 0.607. The number of carbonyl (C=O) groups excluding carboxylic acids is 1. The van der Waals surface area contributed by atoms with E-state index in [1.54, 1.807) is 4.57 Å². The maximum absolute atomic E-state index is 12.9. The second-order valence-electron chi connectivity index (χ2n) is 10.3. The van der Waals surface area contributed by atoms with Crippen LogP contribution in [0.5, 0.6) is 0 Å². The number of aromatic nitrogens is 2. The molecule has 0 aliphatic carbocycles. The SMILES string of the molecule is CCn1c(N2CCCC(C(=O)NCCCN3CCC(Cc4ccccc4)CC3)C2)cc(=O)n(C)c1=O. The number of benzene rings is 1. The predicted octanol–water partition coefficient (Wildman–Crippen LogP) is 2.24. The van der Waals surface area contributed by atoms with Crippen molar-refractivity contribution < 1.29 is 4.79 Å². The number of carbonyl (C=O) groups is 1. The second kappa shape index (κ2) is 12.4. The van der Waals surface area contributed by atoms with Gasteiger partial charge in [-0.2, -0.15) is 0 Å². The van der Waals surface area contributed by atoms with E-state index in [1.807, 2.05) is 11.8 Å². The van der Waals surface area contributed by atoms with Crippen molar-refractivity contribution in [2.24, 2.45) is 18.9 Å². The molecule has 8 nitrogen and oxygen atoms in total. The molecular weight excluding hydrogens is 454 g/mol. The quantitative estimate of drug-likeness (QED) is 0.540. The Morgan fingerprint density at radius 2 is 1.81 bits per heavy atom. The maximum Gasteiger partial charge on any atom is 0.332 e. The fourth-order valence-corrected chi connectivity index (χ4v) is 5.64. The summed E-state index contributed by atoms with van der Waals surface area (Å²) in [5.74, 6) is 1.35. The highest BCUT2D eigenvalue weighted by Crippen LogP contribution is 2.23. The van der Waals surface area contributed by atoms with Gasteiger partial charge >= 0.3 is 5.69 Å². The Hall–Kier alpha value is -2.87. The van der Waals surface area contributed by atoms with Gasteiger partial charge in [-0.25, -0.2) is 4.79 Å². The average molecular weight is 496 g/mol. The van der Waals surface area contributed by atoms with Gasteiger partial charge in [-0.15, -0.1) is 0 Å². The van der Waals surface area contributed by atoms with Crippen LogP contribution >= 0.6 is 0 Å². The van der Waals surface area contributed by atoms with E-state index < -0.39 is 0 Å². The van der Waals surface area contributed by atoms with E-state index in [-0.39, 0.29) is 23.1 Å². The minimum absolute atomic E-state index is 0.0792.